The average Bonchev–Trinajstić information content (AvgIpc) is 1.98. The first kappa shape index (κ1) is 11.3. The van der Waals surface area contributed by atoms with Crippen LogP contribution in [0.15, 0.2) is 18.2 Å². The molecule has 0 amide bonds. The van der Waals surface area contributed by atoms with Crippen molar-refractivity contribution >= 4 is 17.4 Å². The molecule has 0 unspecified atom stereocenters. The van der Waals surface area contributed by atoms with E-state index in [0.29, 0.717) is 13.0 Å². The third-order valence-corrected chi connectivity index (χ3v) is 1.47. The minimum atomic E-state index is -0.0919. The minimum Gasteiger partial charge on any atom is -0.504 e. The summed E-state index contributed by atoms with van der Waals surface area (Å²) in [5.41, 5.74) is 6.24. The van der Waals surface area contributed by atoms with Gasteiger partial charge in [-0.15, -0.1) is 0 Å². The van der Waals surface area contributed by atoms with E-state index in [1.54, 1.807) is 6.07 Å². The maximum Gasteiger partial charge on any atom is 0.157 e. The van der Waals surface area contributed by atoms with Crippen LogP contribution in [-0.4, -0.2) is 34.1 Å². The van der Waals surface area contributed by atoms with E-state index in [1.165, 1.54) is 12.1 Å². The first-order chi connectivity index (χ1) is 5.24. The fourth-order valence-corrected chi connectivity index (χ4v) is 0.891. The molecule has 0 atom stereocenters. The number of phenolic OH excluding ortho intramolecular Hbond substituents is 2. The molecule has 0 aliphatic carbocycles. The van der Waals surface area contributed by atoms with Crippen LogP contribution >= 0.6 is 0 Å². The Hall–Kier alpha value is -0.688. The molecule has 0 bridgehead atoms. The zero-order valence-corrected chi connectivity index (χ0v) is 7.85. The van der Waals surface area contributed by atoms with Gasteiger partial charge >= 0.3 is 0 Å². The first-order valence-electron chi connectivity index (χ1n) is 3.45. The van der Waals surface area contributed by atoms with Gasteiger partial charge < -0.3 is 15.9 Å². The van der Waals surface area contributed by atoms with Gasteiger partial charge in [-0.3, -0.25) is 0 Å². The van der Waals surface area contributed by atoms with Crippen LogP contribution < -0.4 is 5.73 Å². The second-order valence-corrected chi connectivity index (χ2v) is 2.36. The van der Waals surface area contributed by atoms with Crippen LogP contribution in [0.1, 0.15) is 5.56 Å². The molecule has 0 aliphatic rings. The summed E-state index contributed by atoms with van der Waals surface area (Å²) < 4.78 is 0. The Balaban J connectivity index is 0.00000121. The monoisotopic (exact) mass is 180 g/mol. The van der Waals surface area contributed by atoms with Crippen molar-refractivity contribution in [2.45, 2.75) is 6.42 Å². The highest BCUT2D eigenvalue weighted by molar-refractivity contribution is 5.75. The number of benzene rings is 1. The Kier molecular flexibility index (Phi) is 4.76. The Labute approximate surface area is 82.0 Å². The number of phenols is 2. The third-order valence-electron chi connectivity index (χ3n) is 1.47. The van der Waals surface area contributed by atoms with Gasteiger partial charge in [0.1, 0.15) is 0 Å². The van der Waals surface area contributed by atoms with E-state index in [2.05, 4.69) is 0 Å². The lowest BCUT2D eigenvalue weighted by Gasteiger charge is -2.00. The first-order valence-corrected chi connectivity index (χ1v) is 3.45. The molecule has 0 aromatic heterocycles. The van der Waals surface area contributed by atoms with Crippen molar-refractivity contribution in [2.24, 2.45) is 5.73 Å². The zero-order chi connectivity index (χ0) is 8.27. The van der Waals surface area contributed by atoms with Crippen LogP contribution in [0.25, 0.3) is 0 Å². The van der Waals surface area contributed by atoms with Gasteiger partial charge in [-0.05, 0) is 30.7 Å². The Morgan fingerprint density at radius 1 is 1.17 bits per heavy atom. The van der Waals surface area contributed by atoms with E-state index >= 15 is 0 Å². The lowest BCUT2D eigenvalue weighted by Crippen LogP contribution is -2.02. The summed E-state index contributed by atoms with van der Waals surface area (Å²) in [6.45, 7) is 0.546. The van der Waals surface area contributed by atoms with Gasteiger partial charge in [-0.25, -0.2) is 0 Å². The van der Waals surface area contributed by atoms with Gasteiger partial charge in [0.2, 0.25) is 0 Å². The van der Waals surface area contributed by atoms with Crippen molar-refractivity contribution < 1.29 is 10.2 Å². The molecule has 1 aromatic rings. The standard InChI is InChI=1S/C8H11NO2.Al/c9-4-3-6-1-2-7(10)8(11)5-6;/h1-2,5,10-11H,3-4,9H2;. The number of hydrogen-bond donors (Lipinski definition) is 3. The fraction of sp³-hybridized carbons (Fsp3) is 0.250. The van der Waals surface area contributed by atoms with Crippen LogP contribution in [0.3, 0.4) is 0 Å². The molecule has 0 aliphatic heterocycles. The van der Waals surface area contributed by atoms with E-state index in [0.717, 1.165) is 5.56 Å². The average molecular weight is 180 g/mol. The lowest BCUT2D eigenvalue weighted by atomic mass is 10.1. The van der Waals surface area contributed by atoms with E-state index in [4.69, 9.17) is 15.9 Å². The highest BCUT2D eigenvalue weighted by atomic mass is 27.0. The van der Waals surface area contributed by atoms with E-state index in [-0.39, 0.29) is 28.9 Å². The summed E-state index contributed by atoms with van der Waals surface area (Å²) in [4.78, 5) is 0. The van der Waals surface area contributed by atoms with Gasteiger partial charge in [-0.2, -0.15) is 0 Å². The Morgan fingerprint density at radius 3 is 2.33 bits per heavy atom. The van der Waals surface area contributed by atoms with Crippen LogP contribution in [0.5, 0.6) is 11.5 Å². The lowest BCUT2D eigenvalue weighted by molar-refractivity contribution is 0.403. The Morgan fingerprint density at radius 2 is 1.83 bits per heavy atom. The molecule has 12 heavy (non-hydrogen) atoms. The number of nitrogens with two attached hydrogens (primary N) is 1. The molecule has 0 heterocycles. The van der Waals surface area contributed by atoms with Crippen LogP contribution in [0.2, 0.25) is 0 Å². The fourth-order valence-electron chi connectivity index (χ4n) is 0.891. The normalized spacial score (nSPS) is 9.08. The maximum absolute atomic E-state index is 9.04. The van der Waals surface area contributed by atoms with Crippen LogP contribution in [-0.2, 0) is 6.42 Å². The molecule has 3 radical (unpaired) electrons. The second-order valence-electron chi connectivity index (χ2n) is 2.36. The molecule has 63 valence electrons. The number of hydrogen-bond acceptors (Lipinski definition) is 3. The second kappa shape index (κ2) is 5.05. The van der Waals surface area contributed by atoms with Crippen molar-refractivity contribution in [3.05, 3.63) is 23.8 Å². The van der Waals surface area contributed by atoms with Gasteiger partial charge in [0.25, 0.3) is 0 Å². The molecule has 1 aromatic carbocycles. The number of rotatable bonds is 2. The maximum atomic E-state index is 9.04. The molecule has 1 rings (SSSR count). The van der Waals surface area contributed by atoms with Gasteiger partial charge in [0.05, 0.1) is 0 Å². The van der Waals surface area contributed by atoms with Crippen molar-refractivity contribution in [1.82, 2.24) is 0 Å². The predicted molar refractivity (Wildman–Crippen MR) is 48.3 cm³/mol. The molecular formula is C8H11AlNO2. The smallest absolute Gasteiger partial charge is 0.157 e. The molecule has 4 N–H and O–H groups in total. The van der Waals surface area contributed by atoms with Gasteiger partial charge in [0, 0.05) is 17.4 Å². The molecule has 0 saturated carbocycles. The minimum absolute atomic E-state index is 0. The van der Waals surface area contributed by atoms with Crippen molar-refractivity contribution in [3.63, 3.8) is 0 Å². The molecular weight excluding hydrogens is 169 g/mol. The van der Waals surface area contributed by atoms with Gasteiger partial charge in [0.15, 0.2) is 11.5 Å². The van der Waals surface area contributed by atoms with E-state index in [9.17, 15) is 0 Å². The summed E-state index contributed by atoms with van der Waals surface area (Å²) in [5.74, 6) is -0.179. The highest BCUT2D eigenvalue weighted by Crippen LogP contribution is 2.24. The molecule has 0 saturated heterocycles. The molecule has 3 nitrogen and oxygen atoms in total. The third kappa shape index (κ3) is 2.74. The summed E-state index contributed by atoms with van der Waals surface area (Å²) in [5, 5.41) is 18.0. The van der Waals surface area contributed by atoms with E-state index < -0.39 is 0 Å². The Bertz CT molecular complexity index is 253. The van der Waals surface area contributed by atoms with Crippen molar-refractivity contribution in [2.75, 3.05) is 6.54 Å². The predicted octanol–water partition coefficient (Wildman–Crippen LogP) is 0.218. The summed E-state index contributed by atoms with van der Waals surface area (Å²) >= 11 is 0. The number of aromatic hydroxyl groups is 2. The van der Waals surface area contributed by atoms with Crippen LogP contribution in [0, 0.1) is 0 Å². The van der Waals surface area contributed by atoms with Crippen LogP contribution in [0.4, 0.5) is 0 Å². The zero-order valence-electron chi connectivity index (χ0n) is 6.70. The largest absolute Gasteiger partial charge is 0.504 e. The van der Waals surface area contributed by atoms with Crippen molar-refractivity contribution in [3.8, 4) is 11.5 Å². The SMILES string of the molecule is NCCc1ccc(O)c(O)c1.[Al]. The topological polar surface area (TPSA) is 66.5 Å². The summed E-state index contributed by atoms with van der Waals surface area (Å²) in [7, 11) is 0. The quantitative estimate of drug-likeness (QED) is 0.450. The van der Waals surface area contributed by atoms with Gasteiger partial charge in [-0.1, -0.05) is 6.07 Å². The molecule has 0 fully saturated rings. The summed E-state index contributed by atoms with van der Waals surface area (Å²) in [6.07, 6.45) is 0.716. The summed E-state index contributed by atoms with van der Waals surface area (Å²) in [6, 6.07) is 4.71. The van der Waals surface area contributed by atoms with E-state index in [1.807, 2.05) is 0 Å². The molecule has 0 spiro atoms. The highest BCUT2D eigenvalue weighted by Gasteiger charge is 1.98. The van der Waals surface area contributed by atoms with Crippen molar-refractivity contribution in [1.29, 1.82) is 0 Å². The molecule has 4 heteroatoms.